The lowest BCUT2D eigenvalue weighted by atomic mass is 9.92. The fraction of sp³-hybridized carbons (Fsp3) is 0.167. The van der Waals surface area contributed by atoms with Crippen LogP contribution in [0, 0.1) is 6.92 Å². The molecule has 0 bridgehead atoms. The topological polar surface area (TPSA) is 86.5 Å². The molecular formula is C18H17NO4S. The molecule has 2 aromatic rings. The highest BCUT2D eigenvalue weighted by atomic mass is 32.2. The summed E-state index contributed by atoms with van der Waals surface area (Å²) in [5.41, 5.74) is 4.11. The number of carbonyl (C=O) groups is 1. The number of primary sulfonamides is 1. The number of nitrogens with two attached hydrogens (primary N) is 1. The highest BCUT2D eigenvalue weighted by Crippen LogP contribution is 2.32. The number of aryl methyl sites for hydroxylation is 1. The summed E-state index contributed by atoms with van der Waals surface area (Å²) < 4.78 is 27.9. The van der Waals surface area contributed by atoms with E-state index < -0.39 is 10.0 Å². The van der Waals surface area contributed by atoms with E-state index in [0.29, 0.717) is 18.6 Å². The van der Waals surface area contributed by atoms with Gasteiger partial charge in [-0.2, -0.15) is 0 Å². The van der Waals surface area contributed by atoms with Gasteiger partial charge in [-0.05, 0) is 35.8 Å². The first kappa shape index (κ1) is 16.4. The highest BCUT2D eigenvalue weighted by Gasteiger charge is 2.25. The molecule has 0 unspecified atom stereocenters. The summed E-state index contributed by atoms with van der Waals surface area (Å²) in [4.78, 5) is 12.1. The normalized spacial score (nSPS) is 16.8. The van der Waals surface area contributed by atoms with E-state index in [0.717, 1.165) is 22.3 Å². The molecule has 5 nitrogen and oxygen atoms in total. The van der Waals surface area contributed by atoms with Crippen LogP contribution < -0.4 is 5.14 Å². The molecular weight excluding hydrogens is 326 g/mol. The van der Waals surface area contributed by atoms with Crippen molar-refractivity contribution >= 4 is 21.6 Å². The van der Waals surface area contributed by atoms with Gasteiger partial charge in [0.25, 0.3) is 0 Å². The molecule has 0 radical (unpaired) electrons. The molecule has 0 spiro atoms. The van der Waals surface area contributed by atoms with Crippen molar-refractivity contribution in [1.29, 1.82) is 0 Å². The predicted molar refractivity (Wildman–Crippen MR) is 90.6 cm³/mol. The molecule has 1 aliphatic rings. The SMILES string of the molecule is Cc1ccc(/C(=C2\CCOC2=O)c2ccc(S(N)(=O)=O)cc2)cc1. The molecule has 0 aromatic heterocycles. The predicted octanol–water partition coefficient (Wildman–Crippen LogP) is 2.39. The molecule has 2 aromatic carbocycles. The van der Waals surface area contributed by atoms with Crippen LogP contribution in [0.4, 0.5) is 0 Å². The van der Waals surface area contributed by atoms with Crippen molar-refractivity contribution in [2.75, 3.05) is 6.61 Å². The Kier molecular flexibility index (Phi) is 4.26. The van der Waals surface area contributed by atoms with Gasteiger partial charge in [0, 0.05) is 12.0 Å². The van der Waals surface area contributed by atoms with E-state index in [1.54, 1.807) is 12.1 Å². The Morgan fingerprint density at radius 1 is 1.00 bits per heavy atom. The van der Waals surface area contributed by atoms with Crippen molar-refractivity contribution < 1.29 is 17.9 Å². The molecule has 3 rings (SSSR count). The van der Waals surface area contributed by atoms with Gasteiger partial charge in [0.1, 0.15) is 0 Å². The lowest BCUT2D eigenvalue weighted by Gasteiger charge is -2.12. The number of hydrogen-bond donors (Lipinski definition) is 1. The molecule has 0 amide bonds. The zero-order chi connectivity index (χ0) is 17.3. The Labute approximate surface area is 140 Å². The quantitative estimate of drug-likeness (QED) is 0.685. The van der Waals surface area contributed by atoms with Gasteiger partial charge >= 0.3 is 5.97 Å². The molecule has 1 fully saturated rings. The molecule has 124 valence electrons. The number of ether oxygens (including phenoxy) is 1. The number of carbonyl (C=O) groups excluding carboxylic acids is 1. The average molecular weight is 343 g/mol. The fourth-order valence-corrected chi connectivity index (χ4v) is 3.22. The Hall–Kier alpha value is -2.44. The monoisotopic (exact) mass is 343 g/mol. The summed E-state index contributed by atoms with van der Waals surface area (Å²) in [7, 11) is -3.75. The standard InChI is InChI=1S/C18H17NO4S/c1-12-2-4-13(5-3-12)17(16-10-11-23-18(16)20)14-6-8-15(9-7-14)24(19,21)22/h2-9H,10-11H2,1H3,(H2,19,21,22)/b17-16-. The summed E-state index contributed by atoms with van der Waals surface area (Å²) in [6, 6.07) is 14.0. The van der Waals surface area contributed by atoms with Gasteiger partial charge in [-0.1, -0.05) is 42.0 Å². The van der Waals surface area contributed by atoms with Crippen molar-refractivity contribution in [3.63, 3.8) is 0 Å². The second-order valence-electron chi connectivity index (χ2n) is 5.67. The summed E-state index contributed by atoms with van der Waals surface area (Å²) in [6.07, 6.45) is 0.527. The first-order valence-electron chi connectivity index (χ1n) is 7.47. The van der Waals surface area contributed by atoms with Crippen LogP contribution in [0.1, 0.15) is 23.1 Å². The summed E-state index contributed by atoms with van der Waals surface area (Å²) >= 11 is 0. The minimum Gasteiger partial charge on any atom is -0.462 e. The van der Waals surface area contributed by atoms with Crippen molar-refractivity contribution in [3.05, 3.63) is 70.8 Å². The van der Waals surface area contributed by atoms with Crippen LogP contribution in [-0.2, 0) is 19.6 Å². The molecule has 0 aliphatic carbocycles. The van der Waals surface area contributed by atoms with Gasteiger partial charge in [-0.3, -0.25) is 0 Å². The molecule has 1 aliphatic heterocycles. The summed E-state index contributed by atoms with van der Waals surface area (Å²) in [5, 5.41) is 5.14. The third kappa shape index (κ3) is 3.25. The van der Waals surface area contributed by atoms with Crippen molar-refractivity contribution in [3.8, 4) is 0 Å². The van der Waals surface area contributed by atoms with Crippen LogP contribution in [0.15, 0.2) is 59.0 Å². The Morgan fingerprint density at radius 3 is 2.00 bits per heavy atom. The largest absolute Gasteiger partial charge is 0.462 e. The van der Waals surface area contributed by atoms with Crippen molar-refractivity contribution in [2.45, 2.75) is 18.2 Å². The number of hydrogen-bond acceptors (Lipinski definition) is 4. The Bertz CT molecular complexity index is 910. The van der Waals surface area contributed by atoms with Crippen LogP contribution in [0.2, 0.25) is 0 Å². The lowest BCUT2D eigenvalue weighted by molar-refractivity contribution is -0.135. The molecule has 6 heteroatoms. The second kappa shape index (κ2) is 6.22. The number of sulfonamides is 1. The fourth-order valence-electron chi connectivity index (χ4n) is 2.71. The third-order valence-corrected chi connectivity index (χ3v) is 4.87. The molecule has 0 saturated carbocycles. The molecule has 1 saturated heterocycles. The van der Waals surface area contributed by atoms with Gasteiger partial charge in [-0.25, -0.2) is 18.4 Å². The van der Waals surface area contributed by atoms with Crippen molar-refractivity contribution in [2.24, 2.45) is 5.14 Å². The summed E-state index contributed by atoms with van der Waals surface area (Å²) in [5.74, 6) is -0.332. The maximum atomic E-state index is 12.1. The van der Waals surface area contributed by atoms with E-state index in [2.05, 4.69) is 0 Å². The van der Waals surface area contributed by atoms with Crippen molar-refractivity contribution in [1.82, 2.24) is 0 Å². The number of esters is 1. The van der Waals surface area contributed by atoms with E-state index in [4.69, 9.17) is 9.88 Å². The summed E-state index contributed by atoms with van der Waals surface area (Å²) in [6.45, 7) is 2.35. The minimum atomic E-state index is -3.75. The first-order chi connectivity index (χ1) is 11.4. The van der Waals surface area contributed by atoms with Crippen LogP contribution in [-0.4, -0.2) is 21.0 Å². The first-order valence-corrected chi connectivity index (χ1v) is 9.01. The minimum absolute atomic E-state index is 0.0357. The van der Waals surface area contributed by atoms with E-state index in [1.807, 2.05) is 31.2 Å². The zero-order valence-electron chi connectivity index (χ0n) is 13.2. The van der Waals surface area contributed by atoms with Gasteiger partial charge in [0.15, 0.2) is 0 Å². The van der Waals surface area contributed by atoms with Gasteiger partial charge in [-0.15, -0.1) is 0 Å². The lowest BCUT2D eigenvalue weighted by Crippen LogP contribution is -2.12. The van der Waals surface area contributed by atoms with Crippen LogP contribution >= 0.6 is 0 Å². The third-order valence-electron chi connectivity index (χ3n) is 3.95. The number of benzene rings is 2. The smallest absolute Gasteiger partial charge is 0.334 e. The average Bonchev–Trinajstić information content (AvgIpc) is 2.95. The second-order valence-corrected chi connectivity index (χ2v) is 7.24. The molecule has 1 heterocycles. The van der Waals surface area contributed by atoms with E-state index >= 15 is 0 Å². The van der Waals surface area contributed by atoms with Crippen LogP contribution in [0.5, 0.6) is 0 Å². The zero-order valence-corrected chi connectivity index (χ0v) is 14.0. The van der Waals surface area contributed by atoms with E-state index in [1.165, 1.54) is 12.1 Å². The number of rotatable bonds is 3. The maximum Gasteiger partial charge on any atom is 0.334 e. The van der Waals surface area contributed by atoms with E-state index in [9.17, 15) is 13.2 Å². The van der Waals surface area contributed by atoms with Gasteiger partial charge < -0.3 is 4.74 Å². The maximum absolute atomic E-state index is 12.1. The Balaban J connectivity index is 2.16. The number of cyclic esters (lactones) is 1. The van der Waals surface area contributed by atoms with Gasteiger partial charge in [0.05, 0.1) is 11.5 Å². The van der Waals surface area contributed by atoms with Crippen LogP contribution in [0.3, 0.4) is 0 Å². The van der Waals surface area contributed by atoms with E-state index in [-0.39, 0.29) is 10.9 Å². The Morgan fingerprint density at radius 2 is 1.54 bits per heavy atom. The van der Waals surface area contributed by atoms with Gasteiger partial charge in [0.2, 0.25) is 10.0 Å². The molecule has 2 N–H and O–H groups in total. The highest BCUT2D eigenvalue weighted by molar-refractivity contribution is 7.89. The molecule has 24 heavy (non-hydrogen) atoms. The molecule has 0 atom stereocenters. The van der Waals surface area contributed by atoms with Crippen LogP contribution in [0.25, 0.3) is 5.57 Å².